The molecule has 6 atom stereocenters. The van der Waals surface area contributed by atoms with Crippen LogP contribution in [0.3, 0.4) is 0 Å². The number of aromatic nitrogens is 3. The summed E-state index contributed by atoms with van der Waals surface area (Å²) in [5, 5.41) is 14.3. The largest absolute Gasteiger partial charge is 0.490 e. The van der Waals surface area contributed by atoms with E-state index in [-0.39, 0.29) is 59.3 Å². The molecule has 0 saturated carbocycles. The van der Waals surface area contributed by atoms with Gasteiger partial charge < -0.3 is 54.4 Å². The molecule has 0 bridgehead atoms. The molecule has 25 heteroatoms. The van der Waals surface area contributed by atoms with Gasteiger partial charge in [0, 0.05) is 54.3 Å². The normalized spacial score (nSPS) is 22.4. The molecule has 2 aliphatic rings. The number of carbonyl (C=O) groups excluding carboxylic acids is 1. The number of phosphoric ester groups is 1. The van der Waals surface area contributed by atoms with Crippen LogP contribution in [0, 0.1) is 18.8 Å². The number of H-pyrrole nitrogens is 1. The molecule has 1 amide bonds. The molecule has 3 unspecified atom stereocenters. The number of nitrogens with one attached hydrogen (secondary N) is 2. The van der Waals surface area contributed by atoms with Crippen LogP contribution >= 0.6 is 23.5 Å². The zero-order valence-corrected chi connectivity index (χ0v) is 34.7. The number of nitrogens with zero attached hydrogens (tertiary/aromatic N) is 3. The number of nitrogens with two attached hydrogens (primary N) is 1. The summed E-state index contributed by atoms with van der Waals surface area (Å²) in [6, 6.07) is 5.48. The second kappa shape index (κ2) is 16.7. The number of carbonyl (C=O) groups is 1. The van der Waals surface area contributed by atoms with Gasteiger partial charge >= 0.3 is 29.1 Å². The molecule has 320 valence electrons. The number of ether oxygens (including phenoxy) is 1. The van der Waals surface area contributed by atoms with Crippen LogP contribution in [0.25, 0.3) is 22.0 Å². The van der Waals surface area contributed by atoms with E-state index in [1.165, 1.54) is 16.8 Å². The van der Waals surface area contributed by atoms with E-state index in [1.54, 1.807) is 0 Å². The van der Waals surface area contributed by atoms with E-state index in [9.17, 15) is 43.0 Å². The van der Waals surface area contributed by atoms with E-state index in [2.05, 4.69) is 72.0 Å². The maximum atomic E-state index is 13.0. The molecular weight excluding hydrogens is 841 g/mol. The molecule has 0 radical (unpaired) electrons. The summed E-state index contributed by atoms with van der Waals surface area (Å²) in [7, 11) is -16.9. The Labute approximate surface area is 335 Å². The first-order chi connectivity index (χ1) is 27.4. The number of hydrogen-bond acceptors (Lipinski definition) is 15. The molecule has 1 fully saturated rings. The SMILES string of the molecule is Cc1cc(=O)oc2cc3c(cc12)C(C)CC(C)(C)N3CCCC(=O)NCC#Cc1cn([C@H]2C[C@H](O)[C@@H](COP(=O)(O)OP(=O)(O)OP(=O)(O)O)O2)c2nc(N)[nH]c(=O)c12. The van der Waals surface area contributed by atoms with Crippen LogP contribution in [0.1, 0.15) is 75.3 Å². The lowest BCUT2D eigenvalue weighted by atomic mass is 9.79. The van der Waals surface area contributed by atoms with Crippen LogP contribution in [0.4, 0.5) is 11.6 Å². The molecule has 0 spiro atoms. The number of phosphoric acid groups is 3. The number of aryl methyl sites for hydroxylation is 1. The van der Waals surface area contributed by atoms with E-state index in [4.69, 9.17) is 24.7 Å². The number of aromatic amines is 1. The summed E-state index contributed by atoms with van der Waals surface area (Å²) in [5.74, 6) is 5.40. The van der Waals surface area contributed by atoms with Crippen molar-refractivity contribution in [1.82, 2.24) is 19.9 Å². The number of aliphatic hydroxyl groups is 1. The van der Waals surface area contributed by atoms with Crippen LogP contribution < -0.4 is 27.1 Å². The summed E-state index contributed by atoms with van der Waals surface area (Å²) in [5.41, 5.74) is 8.12. The predicted octanol–water partition coefficient (Wildman–Crippen LogP) is 2.75. The van der Waals surface area contributed by atoms with Gasteiger partial charge in [-0.1, -0.05) is 18.8 Å². The lowest BCUT2D eigenvalue weighted by Crippen LogP contribution is -2.49. The van der Waals surface area contributed by atoms with Gasteiger partial charge in [-0.15, -0.1) is 0 Å². The molecule has 0 aliphatic carbocycles. The summed E-state index contributed by atoms with van der Waals surface area (Å²) >= 11 is 0. The first kappa shape index (κ1) is 44.4. The Balaban J connectivity index is 1.09. The molecule has 2 aliphatic heterocycles. The Morgan fingerprint density at radius 1 is 1.14 bits per heavy atom. The minimum absolute atomic E-state index is 0.00666. The van der Waals surface area contributed by atoms with Crippen LogP contribution in [-0.2, 0) is 36.4 Å². The lowest BCUT2D eigenvalue weighted by Gasteiger charge is -2.47. The van der Waals surface area contributed by atoms with Crippen molar-refractivity contribution in [3.8, 4) is 11.8 Å². The third kappa shape index (κ3) is 10.4. The summed E-state index contributed by atoms with van der Waals surface area (Å²) in [6.07, 6.45) is -1.02. The summed E-state index contributed by atoms with van der Waals surface area (Å²) in [6.45, 7) is 7.90. The average Bonchev–Trinajstić information content (AvgIpc) is 3.64. The van der Waals surface area contributed by atoms with Crippen LogP contribution in [0.15, 0.2) is 38.4 Å². The van der Waals surface area contributed by atoms with Gasteiger partial charge in [0.1, 0.15) is 17.9 Å². The fourth-order valence-electron chi connectivity index (χ4n) is 7.48. The van der Waals surface area contributed by atoms with Crippen molar-refractivity contribution in [3.05, 3.63) is 61.9 Å². The number of anilines is 2. The zero-order chi connectivity index (χ0) is 43.2. The molecule has 1 aromatic carbocycles. The lowest BCUT2D eigenvalue weighted by molar-refractivity contribution is -0.120. The molecule has 5 heterocycles. The fraction of sp³-hybridized carbons (Fsp3) is 0.471. The van der Waals surface area contributed by atoms with Gasteiger partial charge in [-0.05, 0) is 56.7 Å². The fourth-order valence-corrected chi connectivity index (χ4v) is 10.5. The van der Waals surface area contributed by atoms with Gasteiger partial charge in [-0.3, -0.25) is 19.1 Å². The molecular formula is C34H43N6O16P3. The standard InChI is InChI=1S/C34H43N6O16P3/c1-18-11-29(43)54-25-13-23-21(12-22(18)25)19(2)15-34(3,4)40(23)10-6-8-27(42)36-9-5-7-20-16-39(31-30(20)32(44)38-33(35)37-31)28-14-24(41)26(53-28)17-52-58(48,49)56-59(50,51)55-57(45,46)47/h11-13,16,19,24,26,28,41H,6,8-10,14-15,17H2,1-4H3,(H,36,42)(H,48,49)(H,50,51)(H2,45,46,47)(H3,35,37,38,44)/t19?,24-,26+,28+/m0/s1. The second-order valence-electron chi connectivity index (χ2n) is 14.8. The topological polar surface area (TPSA) is 329 Å². The molecule has 4 aromatic rings. The highest BCUT2D eigenvalue weighted by atomic mass is 31.3. The first-order valence-corrected chi connectivity index (χ1v) is 22.6. The number of benzene rings is 1. The third-order valence-corrected chi connectivity index (χ3v) is 13.7. The van der Waals surface area contributed by atoms with Crippen molar-refractivity contribution < 1.29 is 65.5 Å². The zero-order valence-electron chi connectivity index (χ0n) is 32.1. The van der Waals surface area contributed by atoms with Crippen molar-refractivity contribution in [2.75, 3.05) is 30.3 Å². The highest BCUT2D eigenvalue weighted by Crippen LogP contribution is 2.66. The smallest absolute Gasteiger partial charge is 0.423 e. The van der Waals surface area contributed by atoms with E-state index in [0.717, 1.165) is 28.6 Å². The van der Waals surface area contributed by atoms with Gasteiger partial charge in [0.05, 0.1) is 30.2 Å². The van der Waals surface area contributed by atoms with Gasteiger partial charge in [0.25, 0.3) is 5.56 Å². The molecule has 9 N–H and O–H groups in total. The van der Waals surface area contributed by atoms with Crippen LogP contribution in [0.2, 0.25) is 0 Å². The number of aliphatic hydroxyl groups excluding tert-OH is 1. The molecule has 1 saturated heterocycles. The Morgan fingerprint density at radius 3 is 2.58 bits per heavy atom. The quantitative estimate of drug-likeness (QED) is 0.0543. The maximum absolute atomic E-state index is 13.0. The van der Waals surface area contributed by atoms with Gasteiger partial charge in [-0.2, -0.15) is 13.6 Å². The third-order valence-electron chi connectivity index (χ3n) is 9.87. The van der Waals surface area contributed by atoms with Crippen molar-refractivity contribution in [1.29, 1.82) is 0 Å². The average molecular weight is 885 g/mol. The molecule has 22 nitrogen and oxygen atoms in total. The Morgan fingerprint density at radius 2 is 1.86 bits per heavy atom. The monoisotopic (exact) mass is 884 g/mol. The second-order valence-corrected chi connectivity index (χ2v) is 19.2. The number of amides is 1. The Kier molecular flexibility index (Phi) is 12.6. The highest BCUT2D eigenvalue weighted by Gasteiger charge is 2.43. The van der Waals surface area contributed by atoms with Gasteiger partial charge in [-0.25, -0.2) is 18.5 Å². The predicted molar refractivity (Wildman–Crippen MR) is 210 cm³/mol. The highest BCUT2D eigenvalue weighted by molar-refractivity contribution is 7.66. The number of hydrogen-bond donors (Lipinski definition) is 8. The summed E-state index contributed by atoms with van der Waals surface area (Å²) < 4.78 is 59.3. The Hall–Kier alpha value is -4.19. The van der Waals surface area contributed by atoms with E-state index < -0.39 is 59.7 Å². The van der Waals surface area contributed by atoms with Gasteiger partial charge in [0.15, 0.2) is 5.65 Å². The van der Waals surface area contributed by atoms with Crippen molar-refractivity contribution in [2.45, 2.75) is 83.3 Å². The number of nitrogen functional groups attached to an aromatic ring is 1. The van der Waals surface area contributed by atoms with Crippen molar-refractivity contribution in [3.63, 3.8) is 0 Å². The van der Waals surface area contributed by atoms with Crippen LogP contribution in [-0.4, -0.2) is 82.6 Å². The molecule has 59 heavy (non-hydrogen) atoms. The minimum atomic E-state index is -5.77. The Bertz CT molecular complexity index is 2630. The molecule has 3 aromatic heterocycles. The molecule has 6 rings (SSSR count). The van der Waals surface area contributed by atoms with E-state index in [1.807, 2.05) is 13.0 Å². The van der Waals surface area contributed by atoms with Crippen molar-refractivity contribution in [2.24, 2.45) is 0 Å². The maximum Gasteiger partial charge on any atom is 0.490 e. The van der Waals surface area contributed by atoms with Gasteiger partial charge in [0.2, 0.25) is 11.9 Å². The number of rotatable bonds is 13. The van der Waals surface area contributed by atoms with E-state index >= 15 is 0 Å². The van der Waals surface area contributed by atoms with Crippen molar-refractivity contribution >= 4 is 63.0 Å². The summed E-state index contributed by atoms with van der Waals surface area (Å²) in [4.78, 5) is 83.4. The first-order valence-electron chi connectivity index (χ1n) is 18.1. The van der Waals surface area contributed by atoms with Crippen LogP contribution in [0.5, 0.6) is 0 Å². The van der Waals surface area contributed by atoms with E-state index in [0.29, 0.717) is 18.5 Å². The minimum Gasteiger partial charge on any atom is -0.423 e. The number of fused-ring (bicyclic) bond motifs is 3.